The summed E-state index contributed by atoms with van der Waals surface area (Å²) in [5.74, 6) is 0. The molecule has 1 aromatic rings. The number of nitrogens with one attached hydrogen (secondary N) is 1. The number of piperazine rings is 1. The lowest BCUT2D eigenvalue weighted by Crippen LogP contribution is -2.51. The molecule has 5 nitrogen and oxygen atoms in total. The van der Waals surface area contributed by atoms with E-state index in [2.05, 4.69) is 22.1 Å². The van der Waals surface area contributed by atoms with Crippen molar-refractivity contribution in [2.45, 2.75) is 26.3 Å². The predicted molar refractivity (Wildman–Crippen MR) is 79.4 cm³/mol. The Hall–Kier alpha value is -1.62. The van der Waals surface area contributed by atoms with Gasteiger partial charge >= 0.3 is 6.03 Å². The molecule has 0 atom stereocenters. The third-order valence-electron chi connectivity index (χ3n) is 3.65. The zero-order chi connectivity index (χ0) is 14.2. The van der Waals surface area contributed by atoms with Gasteiger partial charge in [-0.05, 0) is 24.6 Å². The van der Waals surface area contributed by atoms with Gasteiger partial charge in [0.2, 0.25) is 0 Å². The number of amides is 2. The number of nitrogens with zero attached hydrogens (tertiary/aromatic N) is 3. The summed E-state index contributed by atoms with van der Waals surface area (Å²) in [6.45, 7) is 7.53. The lowest BCUT2D eigenvalue weighted by Gasteiger charge is -2.34. The van der Waals surface area contributed by atoms with Gasteiger partial charge in [0.25, 0.3) is 0 Å². The molecule has 0 saturated carbocycles. The van der Waals surface area contributed by atoms with E-state index in [0.717, 1.165) is 38.3 Å². The number of urea groups is 1. The minimum absolute atomic E-state index is 0.0315. The van der Waals surface area contributed by atoms with Crippen molar-refractivity contribution in [2.24, 2.45) is 0 Å². The molecule has 110 valence electrons. The molecule has 0 unspecified atom stereocenters. The molecule has 2 heterocycles. The van der Waals surface area contributed by atoms with Gasteiger partial charge in [-0.2, -0.15) is 0 Å². The average Bonchev–Trinajstić information content (AvgIpc) is 2.52. The first-order valence-electron chi connectivity index (χ1n) is 7.43. The van der Waals surface area contributed by atoms with E-state index in [9.17, 15) is 4.79 Å². The topological polar surface area (TPSA) is 48.5 Å². The molecular weight excluding hydrogens is 252 g/mol. The van der Waals surface area contributed by atoms with Gasteiger partial charge in [-0.25, -0.2) is 4.79 Å². The molecule has 20 heavy (non-hydrogen) atoms. The number of unbranched alkanes of at least 4 members (excludes halogenated alkanes) is 1. The SMILES string of the molecule is CCCCN1CCN(C(=O)NCc2cccnc2)CC1. The van der Waals surface area contributed by atoms with Gasteiger partial charge in [0.15, 0.2) is 0 Å². The number of rotatable bonds is 5. The Labute approximate surface area is 121 Å². The van der Waals surface area contributed by atoms with E-state index >= 15 is 0 Å². The number of carbonyl (C=O) groups excluding carboxylic acids is 1. The number of hydrogen-bond acceptors (Lipinski definition) is 3. The molecule has 1 aliphatic rings. The molecule has 0 radical (unpaired) electrons. The second kappa shape index (κ2) is 7.85. The Morgan fingerprint density at radius 1 is 1.35 bits per heavy atom. The summed E-state index contributed by atoms with van der Waals surface area (Å²) >= 11 is 0. The summed E-state index contributed by atoms with van der Waals surface area (Å²) in [6.07, 6.45) is 5.99. The van der Waals surface area contributed by atoms with E-state index in [1.807, 2.05) is 17.0 Å². The van der Waals surface area contributed by atoms with E-state index in [1.165, 1.54) is 12.8 Å². The Morgan fingerprint density at radius 3 is 2.80 bits per heavy atom. The van der Waals surface area contributed by atoms with Crippen LogP contribution in [0.4, 0.5) is 4.79 Å². The van der Waals surface area contributed by atoms with Gasteiger partial charge in [0.05, 0.1) is 0 Å². The summed E-state index contributed by atoms with van der Waals surface area (Å²) in [5.41, 5.74) is 1.03. The van der Waals surface area contributed by atoms with Gasteiger partial charge in [0.1, 0.15) is 0 Å². The number of aromatic nitrogens is 1. The van der Waals surface area contributed by atoms with Crippen molar-refractivity contribution < 1.29 is 4.79 Å². The summed E-state index contributed by atoms with van der Waals surface area (Å²) in [7, 11) is 0. The fourth-order valence-corrected chi connectivity index (χ4v) is 2.35. The van der Waals surface area contributed by atoms with Crippen molar-refractivity contribution in [3.63, 3.8) is 0 Å². The first-order chi connectivity index (χ1) is 9.79. The van der Waals surface area contributed by atoms with Crippen LogP contribution in [0, 0.1) is 0 Å². The van der Waals surface area contributed by atoms with Crippen molar-refractivity contribution in [2.75, 3.05) is 32.7 Å². The highest BCUT2D eigenvalue weighted by Crippen LogP contribution is 2.04. The number of pyridine rings is 1. The maximum Gasteiger partial charge on any atom is 0.317 e. The first-order valence-corrected chi connectivity index (χ1v) is 7.43. The van der Waals surface area contributed by atoms with Crippen LogP contribution in [0.3, 0.4) is 0 Å². The lowest BCUT2D eigenvalue weighted by atomic mass is 10.2. The van der Waals surface area contributed by atoms with E-state index in [4.69, 9.17) is 0 Å². The third kappa shape index (κ3) is 4.49. The molecule has 2 amide bonds. The van der Waals surface area contributed by atoms with Gasteiger partial charge in [0, 0.05) is 45.1 Å². The monoisotopic (exact) mass is 276 g/mol. The van der Waals surface area contributed by atoms with Gasteiger partial charge in [-0.15, -0.1) is 0 Å². The maximum atomic E-state index is 12.1. The molecule has 5 heteroatoms. The molecule has 1 aliphatic heterocycles. The molecule has 1 fully saturated rings. The predicted octanol–water partition coefficient (Wildman–Crippen LogP) is 1.71. The maximum absolute atomic E-state index is 12.1. The Kier molecular flexibility index (Phi) is 5.80. The minimum atomic E-state index is 0.0315. The second-order valence-corrected chi connectivity index (χ2v) is 5.20. The Morgan fingerprint density at radius 2 is 2.15 bits per heavy atom. The Balaban J connectivity index is 1.69. The molecule has 1 N–H and O–H groups in total. The van der Waals surface area contributed by atoms with Crippen LogP contribution >= 0.6 is 0 Å². The van der Waals surface area contributed by atoms with Crippen LogP contribution in [0.25, 0.3) is 0 Å². The molecule has 0 bridgehead atoms. The van der Waals surface area contributed by atoms with Crippen LogP contribution < -0.4 is 5.32 Å². The van der Waals surface area contributed by atoms with Gasteiger partial charge < -0.3 is 10.2 Å². The zero-order valence-electron chi connectivity index (χ0n) is 12.2. The van der Waals surface area contributed by atoms with Crippen molar-refractivity contribution in [3.8, 4) is 0 Å². The molecular formula is C15H24N4O. The van der Waals surface area contributed by atoms with Gasteiger partial charge in [-0.1, -0.05) is 19.4 Å². The van der Waals surface area contributed by atoms with E-state index in [-0.39, 0.29) is 6.03 Å². The normalized spacial score (nSPS) is 16.1. The summed E-state index contributed by atoms with van der Waals surface area (Å²) < 4.78 is 0. The third-order valence-corrected chi connectivity index (χ3v) is 3.65. The van der Waals surface area contributed by atoms with E-state index < -0.39 is 0 Å². The molecule has 0 aliphatic carbocycles. The van der Waals surface area contributed by atoms with Crippen molar-refractivity contribution in [1.29, 1.82) is 0 Å². The van der Waals surface area contributed by atoms with E-state index in [1.54, 1.807) is 12.4 Å². The number of carbonyl (C=O) groups is 1. The van der Waals surface area contributed by atoms with Crippen LogP contribution in [0.15, 0.2) is 24.5 Å². The highest BCUT2D eigenvalue weighted by Gasteiger charge is 2.20. The first kappa shape index (κ1) is 14.8. The fraction of sp³-hybridized carbons (Fsp3) is 0.600. The molecule has 1 aromatic heterocycles. The largest absolute Gasteiger partial charge is 0.334 e. The quantitative estimate of drug-likeness (QED) is 0.890. The Bertz CT molecular complexity index is 402. The second-order valence-electron chi connectivity index (χ2n) is 5.20. The summed E-state index contributed by atoms with van der Waals surface area (Å²) in [4.78, 5) is 20.5. The minimum Gasteiger partial charge on any atom is -0.334 e. The van der Waals surface area contributed by atoms with Crippen molar-refractivity contribution in [3.05, 3.63) is 30.1 Å². The molecule has 0 spiro atoms. The smallest absolute Gasteiger partial charge is 0.317 e. The molecule has 2 rings (SSSR count). The van der Waals surface area contributed by atoms with Gasteiger partial charge in [-0.3, -0.25) is 9.88 Å². The highest BCUT2D eigenvalue weighted by atomic mass is 16.2. The van der Waals surface area contributed by atoms with Crippen molar-refractivity contribution >= 4 is 6.03 Å². The van der Waals surface area contributed by atoms with Crippen LogP contribution in [0.1, 0.15) is 25.3 Å². The highest BCUT2D eigenvalue weighted by molar-refractivity contribution is 5.74. The molecule has 1 saturated heterocycles. The van der Waals surface area contributed by atoms with E-state index in [0.29, 0.717) is 6.54 Å². The number of hydrogen-bond donors (Lipinski definition) is 1. The molecule has 0 aromatic carbocycles. The standard InChI is InChI=1S/C15H24N4O/c1-2-3-7-18-8-10-19(11-9-18)15(20)17-13-14-5-4-6-16-12-14/h4-6,12H,2-3,7-11,13H2,1H3,(H,17,20). The summed E-state index contributed by atoms with van der Waals surface area (Å²) in [6, 6.07) is 3.88. The lowest BCUT2D eigenvalue weighted by molar-refractivity contribution is 0.138. The van der Waals surface area contributed by atoms with Crippen LogP contribution in [0.5, 0.6) is 0 Å². The fourth-order valence-electron chi connectivity index (χ4n) is 2.35. The average molecular weight is 276 g/mol. The zero-order valence-corrected chi connectivity index (χ0v) is 12.2. The van der Waals surface area contributed by atoms with Crippen LogP contribution in [-0.4, -0.2) is 53.5 Å². The van der Waals surface area contributed by atoms with Crippen molar-refractivity contribution in [1.82, 2.24) is 20.1 Å². The van der Waals surface area contributed by atoms with Crippen LogP contribution in [-0.2, 0) is 6.54 Å². The van der Waals surface area contributed by atoms with Crippen LogP contribution in [0.2, 0.25) is 0 Å². The summed E-state index contributed by atoms with van der Waals surface area (Å²) in [5, 5.41) is 2.96.